The van der Waals surface area contributed by atoms with Crippen LogP contribution in [0.5, 0.6) is 0 Å². The lowest BCUT2D eigenvalue weighted by Gasteiger charge is -2.43. The molecule has 1 saturated heterocycles. The van der Waals surface area contributed by atoms with Gasteiger partial charge in [-0.05, 0) is 42.9 Å². The lowest BCUT2D eigenvalue weighted by molar-refractivity contribution is -0.125. The highest BCUT2D eigenvalue weighted by atomic mass is 19.1. The summed E-state index contributed by atoms with van der Waals surface area (Å²) in [7, 11) is 1.64. The minimum atomic E-state index is -0.703. The number of hydrogen-bond donors (Lipinski definition) is 2. The highest BCUT2D eigenvalue weighted by molar-refractivity contribution is 5.78. The monoisotopic (exact) mass is 352 g/mol. The van der Waals surface area contributed by atoms with Crippen LogP contribution in [0.4, 0.5) is 4.39 Å². The number of aliphatic hydroxyl groups is 1. The number of rotatable bonds is 8. The SMILES string of the molecule is COCC[C@@]1(O)CCN(CC(=O)NCCc2ccc(F)cc2)C[C@@H]1C. The van der Waals surface area contributed by atoms with Gasteiger partial charge in [-0.3, -0.25) is 9.69 Å². The van der Waals surface area contributed by atoms with Crippen molar-refractivity contribution >= 4 is 5.91 Å². The van der Waals surface area contributed by atoms with Gasteiger partial charge in [0.15, 0.2) is 0 Å². The number of likely N-dealkylation sites (tertiary alicyclic amines) is 1. The molecular formula is C19H29FN2O3. The first-order valence-electron chi connectivity index (χ1n) is 8.88. The van der Waals surface area contributed by atoms with E-state index in [1.54, 1.807) is 19.2 Å². The Labute approximate surface area is 149 Å². The van der Waals surface area contributed by atoms with Crippen molar-refractivity contribution < 1.29 is 19.0 Å². The van der Waals surface area contributed by atoms with E-state index in [0.717, 1.165) is 5.56 Å². The Morgan fingerprint density at radius 1 is 1.44 bits per heavy atom. The molecule has 1 aromatic carbocycles. The molecule has 1 amide bonds. The fourth-order valence-corrected chi connectivity index (χ4v) is 3.30. The Hall–Kier alpha value is -1.50. The molecule has 1 aliphatic heterocycles. The second-order valence-corrected chi connectivity index (χ2v) is 6.96. The standard InChI is InChI=1S/C19H29FN2O3/c1-15-13-22(11-8-19(15,24)9-12-25-2)14-18(23)21-10-7-16-3-5-17(20)6-4-16/h3-6,15,24H,7-14H2,1-2H3,(H,21,23)/t15-,19-/m0/s1. The number of piperidine rings is 1. The number of halogens is 1. The smallest absolute Gasteiger partial charge is 0.234 e. The van der Waals surface area contributed by atoms with Crippen LogP contribution in [0, 0.1) is 11.7 Å². The van der Waals surface area contributed by atoms with Crippen molar-refractivity contribution in [3.63, 3.8) is 0 Å². The van der Waals surface area contributed by atoms with E-state index in [1.807, 2.05) is 6.92 Å². The number of hydrogen-bond acceptors (Lipinski definition) is 4. The molecule has 0 unspecified atom stereocenters. The van der Waals surface area contributed by atoms with E-state index in [-0.39, 0.29) is 17.6 Å². The molecule has 1 aliphatic rings. The summed E-state index contributed by atoms with van der Waals surface area (Å²) in [6.45, 7) is 4.85. The van der Waals surface area contributed by atoms with Crippen molar-refractivity contribution in [1.82, 2.24) is 10.2 Å². The molecular weight excluding hydrogens is 323 g/mol. The molecule has 0 bridgehead atoms. The van der Waals surface area contributed by atoms with Crippen LogP contribution < -0.4 is 5.32 Å². The predicted molar refractivity (Wildman–Crippen MR) is 94.8 cm³/mol. The number of methoxy groups -OCH3 is 1. The summed E-state index contributed by atoms with van der Waals surface area (Å²) in [6, 6.07) is 6.32. The van der Waals surface area contributed by atoms with Crippen molar-refractivity contribution in [3.05, 3.63) is 35.6 Å². The Kier molecular flexibility index (Phi) is 7.35. The molecule has 0 radical (unpaired) electrons. The minimum absolute atomic E-state index is 0.0170. The summed E-state index contributed by atoms with van der Waals surface area (Å²) in [4.78, 5) is 14.2. The number of carbonyl (C=O) groups is 1. The second-order valence-electron chi connectivity index (χ2n) is 6.96. The van der Waals surface area contributed by atoms with Crippen molar-refractivity contribution in [2.45, 2.75) is 31.8 Å². The van der Waals surface area contributed by atoms with Crippen LogP contribution in [0.15, 0.2) is 24.3 Å². The van der Waals surface area contributed by atoms with Gasteiger partial charge in [0.25, 0.3) is 0 Å². The van der Waals surface area contributed by atoms with Crippen molar-refractivity contribution in [3.8, 4) is 0 Å². The van der Waals surface area contributed by atoms with E-state index in [1.165, 1.54) is 12.1 Å². The van der Waals surface area contributed by atoms with Gasteiger partial charge >= 0.3 is 0 Å². The Bertz CT molecular complexity index is 552. The second kappa shape index (κ2) is 9.27. The maximum Gasteiger partial charge on any atom is 0.234 e. The first-order valence-corrected chi connectivity index (χ1v) is 8.88. The third-order valence-corrected chi connectivity index (χ3v) is 5.07. The van der Waals surface area contributed by atoms with E-state index >= 15 is 0 Å². The van der Waals surface area contributed by atoms with Gasteiger partial charge < -0.3 is 15.2 Å². The molecule has 0 aliphatic carbocycles. The van der Waals surface area contributed by atoms with Crippen LogP contribution in [-0.4, -0.2) is 61.4 Å². The van der Waals surface area contributed by atoms with Gasteiger partial charge in [-0.15, -0.1) is 0 Å². The summed E-state index contributed by atoms with van der Waals surface area (Å²) in [5.74, 6) is -0.169. The summed E-state index contributed by atoms with van der Waals surface area (Å²) in [6.07, 6.45) is 1.96. The first kappa shape index (κ1) is 19.8. The first-order chi connectivity index (χ1) is 11.9. The molecule has 0 saturated carbocycles. The van der Waals surface area contributed by atoms with Crippen LogP contribution in [0.2, 0.25) is 0 Å². The summed E-state index contributed by atoms with van der Waals surface area (Å²) >= 11 is 0. The van der Waals surface area contributed by atoms with Gasteiger partial charge in [0.2, 0.25) is 5.91 Å². The normalized spacial score (nSPS) is 24.2. The number of amides is 1. The number of nitrogens with one attached hydrogen (secondary N) is 1. The molecule has 140 valence electrons. The molecule has 0 spiro atoms. The highest BCUT2D eigenvalue weighted by Gasteiger charge is 2.38. The average Bonchev–Trinajstić information content (AvgIpc) is 2.58. The van der Waals surface area contributed by atoms with Gasteiger partial charge in [-0.2, -0.15) is 0 Å². The molecule has 2 rings (SSSR count). The third kappa shape index (κ3) is 6.06. The zero-order valence-electron chi connectivity index (χ0n) is 15.1. The fourth-order valence-electron chi connectivity index (χ4n) is 3.30. The van der Waals surface area contributed by atoms with Crippen molar-refractivity contribution in [2.24, 2.45) is 5.92 Å². The highest BCUT2D eigenvalue weighted by Crippen LogP contribution is 2.30. The number of ether oxygens (including phenoxy) is 1. The number of carbonyl (C=O) groups excluding carboxylic acids is 1. The quantitative estimate of drug-likeness (QED) is 0.746. The molecule has 2 N–H and O–H groups in total. The molecule has 1 heterocycles. The van der Waals surface area contributed by atoms with Crippen LogP contribution in [0.3, 0.4) is 0 Å². The molecule has 25 heavy (non-hydrogen) atoms. The zero-order chi connectivity index (χ0) is 18.3. The Morgan fingerprint density at radius 3 is 2.80 bits per heavy atom. The van der Waals surface area contributed by atoms with Crippen LogP contribution >= 0.6 is 0 Å². The van der Waals surface area contributed by atoms with Crippen molar-refractivity contribution in [2.75, 3.05) is 39.9 Å². The maximum atomic E-state index is 12.9. The molecule has 5 nitrogen and oxygen atoms in total. The fraction of sp³-hybridized carbons (Fsp3) is 0.632. The third-order valence-electron chi connectivity index (χ3n) is 5.07. The number of benzene rings is 1. The molecule has 2 atom stereocenters. The van der Waals surface area contributed by atoms with E-state index in [0.29, 0.717) is 52.0 Å². The lowest BCUT2D eigenvalue weighted by Crippen LogP contribution is -2.53. The van der Waals surface area contributed by atoms with Gasteiger partial charge in [0.1, 0.15) is 5.82 Å². The van der Waals surface area contributed by atoms with Crippen LogP contribution in [0.1, 0.15) is 25.3 Å². The topological polar surface area (TPSA) is 61.8 Å². The number of nitrogens with zero attached hydrogens (tertiary/aromatic N) is 1. The van der Waals surface area contributed by atoms with E-state index in [4.69, 9.17) is 4.74 Å². The van der Waals surface area contributed by atoms with E-state index in [9.17, 15) is 14.3 Å². The van der Waals surface area contributed by atoms with Gasteiger partial charge in [0, 0.05) is 33.4 Å². The van der Waals surface area contributed by atoms with Gasteiger partial charge in [-0.1, -0.05) is 19.1 Å². The summed E-state index contributed by atoms with van der Waals surface area (Å²) in [5.41, 5.74) is 0.294. The van der Waals surface area contributed by atoms with Gasteiger partial charge in [-0.25, -0.2) is 4.39 Å². The summed E-state index contributed by atoms with van der Waals surface area (Å²) < 4.78 is 17.9. The average molecular weight is 352 g/mol. The Morgan fingerprint density at radius 2 is 2.16 bits per heavy atom. The maximum absolute atomic E-state index is 12.9. The molecule has 6 heteroatoms. The van der Waals surface area contributed by atoms with Gasteiger partial charge in [0.05, 0.1) is 12.1 Å². The summed E-state index contributed by atoms with van der Waals surface area (Å²) in [5, 5.41) is 13.6. The van der Waals surface area contributed by atoms with Crippen molar-refractivity contribution in [1.29, 1.82) is 0 Å². The van der Waals surface area contributed by atoms with Crippen LogP contribution in [0.25, 0.3) is 0 Å². The van der Waals surface area contributed by atoms with E-state index < -0.39 is 5.60 Å². The van der Waals surface area contributed by atoms with E-state index in [2.05, 4.69) is 10.2 Å². The molecule has 1 fully saturated rings. The predicted octanol–water partition coefficient (Wildman–Crippen LogP) is 1.59. The Balaban J connectivity index is 1.70. The molecule has 0 aromatic heterocycles. The zero-order valence-corrected chi connectivity index (χ0v) is 15.1. The lowest BCUT2D eigenvalue weighted by atomic mass is 9.80. The van der Waals surface area contributed by atoms with Crippen LogP contribution in [-0.2, 0) is 16.0 Å². The molecule has 1 aromatic rings. The minimum Gasteiger partial charge on any atom is -0.389 e. The largest absolute Gasteiger partial charge is 0.389 e.